The van der Waals surface area contributed by atoms with E-state index in [1.54, 1.807) is 6.07 Å². The molecule has 0 radical (unpaired) electrons. The van der Waals surface area contributed by atoms with E-state index < -0.39 is 10.0 Å². The summed E-state index contributed by atoms with van der Waals surface area (Å²) >= 11 is 6.18. The molecule has 0 atom stereocenters. The molecule has 0 aromatic heterocycles. The number of nitrogens with one attached hydrogen (secondary N) is 2. The first-order chi connectivity index (χ1) is 12.9. The summed E-state index contributed by atoms with van der Waals surface area (Å²) < 4.78 is 27.2. The highest BCUT2D eigenvalue weighted by Gasteiger charge is 2.38. The molecule has 6 nitrogen and oxygen atoms in total. The Hall–Kier alpha value is -1.15. The molecule has 0 aliphatic carbocycles. The number of nitrogens with zero attached hydrogens (tertiary/aromatic N) is 1. The van der Waals surface area contributed by atoms with E-state index in [2.05, 4.69) is 38.3 Å². The van der Waals surface area contributed by atoms with Gasteiger partial charge in [-0.1, -0.05) is 11.6 Å². The molecule has 8 heteroatoms. The lowest BCUT2D eigenvalue weighted by atomic mass is 9.79. The number of carbonyl (C=O) groups excluding carboxylic acids is 1. The third kappa shape index (κ3) is 4.70. The molecule has 0 spiro atoms. The average molecular weight is 428 g/mol. The van der Waals surface area contributed by atoms with Gasteiger partial charge in [0, 0.05) is 35.8 Å². The number of piperidine rings is 1. The second-order valence-electron chi connectivity index (χ2n) is 9.23. The minimum Gasteiger partial charge on any atom is -0.349 e. The highest BCUT2D eigenvalue weighted by molar-refractivity contribution is 7.89. The molecule has 2 aliphatic heterocycles. The average Bonchev–Trinajstić information content (AvgIpc) is 3.07. The van der Waals surface area contributed by atoms with Crippen molar-refractivity contribution in [2.24, 2.45) is 0 Å². The summed E-state index contributed by atoms with van der Waals surface area (Å²) in [6.45, 7) is 9.47. The van der Waals surface area contributed by atoms with Crippen molar-refractivity contribution in [3.8, 4) is 0 Å². The second kappa shape index (κ2) is 7.59. The van der Waals surface area contributed by atoms with Gasteiger partial charge in [0.2, 0.25) is 10.0 Å². The smallest absolute Gasteiger partial charge is 0.251 e. The summed E-state index contributed by atoms with van der Waals surface area (Å²) in [4.78, 5) is 12.9. The number of halogens is 1. The van der Waals surface area contributed by atoms with E-state index >= 15 is 0 Å². The maximum Gasteiger partial charge on any atom is 0.251 e. The number of rotatable bonds is 4. The molecule has 2 saturated heterocycles. The molecule has 2 heterocycles. The van der Waals surface area contributed by atoms with Gasteiger partial charge in [0.25, 0.3) is 5.91 Å². The van der Waals surface area contributed by atoms with Crippen molar-refractivity contribution in [2.45, 2.75) is 75.4 Å². The first-order valence-electron chi connectivity index (χ1n) is 9.80. The van der Waals surface area contributed by atoms with Crippen LogP contribution in [0, 0.1) is 0 Å². The number of sulfonamides is 1. The number of hydrogen-bond donors (Lipinski definition) is 2. The minimum absolute atomic E-state index is 0.00747. The van der Waals surface area contributed by atoms with Crippen molar-refractivity contribution in [3.63, 3.8) is 0 Å². The molecule has 2 aliphatic rings. The summed E-state index contributed by atoms with van der Waals surface area (Å²) in [5.41, 5.74) is 0.129. The predicted molar refractivity (Wildman–Crippen MR) is 111 cm³/mol. The van der Waals surface area contributed by atoms with Crippen molar-refractivity contribution in [3.05, 3.63) is 28.8 Å². The van der Waals surface area contributed by atoms with Crippen LogP contribution in [0.25, 0.3) is 0 Å². The molecule has 1 aromatic rings. The maximum atomic E-state index is 12.9. The van der Waals surface area contributed by atoms with Crippen molar-refractivity contribution < 1.29 is 13.2 Å². The molecule has 3 rings (SSSR count). The van der Waals surface area contributed by atoms with Crippen LogP contribution < -0.4 is 10.6 Å². The molecule has 28 heavy (non-hydrogen) atoms. The summed E-state index contributed by atoms with van der Waals surface area (Å²) in [7, 11) is -3.68. The quantitative estimate of drug-likeness (QED) is 0.773. The van der Waals surface area contributed by atoms with E-state index in [4.69, 9.17) is 11.6 Å². The topological polar surface area (TPSA) is 78.5 Å². The van der Waals surface area contributed by atoms with Crippen LogP contribution in [0.2, 0.25) is 5.02 Å². The zero-order valence-corrected chi connectivity index (χ0v) is 18.6. The Morgan fingerprint density at radius 2 is 1.71 bits per heavy atom. The van der Waals surface area contributed by atoms with Gasteiger partial charge in [0.05, 0.1) is 5.02 Å². The Kier molecular flexibility index (Phi) is 5.85. The maximum absolute atomic E-state index is 12.9. The summed E-state index contributed by atoms with van der Waals surface area (Å²) in [5, 5.41) is 6.82. The molecular formula is C20H30ClN3O3S. The predicted octanol–water partition coefficient (Wildman–Crippen LogP) is 3.16. The lowest BCUT2D eigenvalue weighted by Gasteiger charge is -2.46. The van der Waals surface area contributed by atoms with Gasteiger partial charge in [-0.05, 0) is 71.6 Å². The Bertz CT molecular complexity index is 845. The van der Waals surface area contributed by atoms with Gasteiger partial charge >= 0.3 is 0 Å². The fourth-order valence-corrected chi connectivity index (χ4v) is 6.62. The minimum atomic E-state index is -3.68. The largest absolute Gasteiger partial charge is 0.349 e. The SMILES string of the molecule is CC1(C)CC(NC(=O)c2ccc(Cl)c(S(=O)(=O)N3CCCC3)c2)CC(C)(C)N1. The third-order valence-electron chi connectivity index (χ3n) is 5.40. The van der Waals surface area contributed by atoms with Crippen molar-refractivity contribution in [1.29, 1.82) is 0 Å². The van der Waals surface area contributed by atoms with Crippen LogP contribution in [0.15, 0.2) is 23.1 Å². The first-order valence-corrected chi connectivity index (χ1v) is 11.6. The first kappa shape index (κ1) is 21.6. The zero-order chi connectivity index (χ0) is 20.7. The van der Waals surface area contributed by atoms with E-state index in [0.717, 1.165) is 25.7 Å². The highest BCUT2D eigenvalue weighted by Crippen LogP contribution is 2.30. The molecule has 156 valence electrons. The van der Waals surface area contributed by atoms with Gasteiger partial charge in [-0.2, -0.15) is 4.31 Å². The molecular weight excluding hydrogens is 398 g/mol. The van der Waals surface area contributed by atoms with Crippen LogP contribution >= 0.6 is 11.6 Å². The van der Waals surface area contributed by atoms with Crippen LogP contribution in [-0.4, -0.2) is 48.8 Å². The Labute approximate surface area is 173 Å². The van der Waals surface area contributed by atoms with Gasteiger partial charge in [-0.25, -0.2) is 8.42 Å². The zero-order valence-electron chi connectivity index (χ0n) is 17.0. The third-order valence-corrected chi connectivity index (χ3v) is 7.78. The van der Waals surface area contributed by atoms with E-state index in [1.165, 1.54) is 16.4 Å². The van der Waals surface area contributed by atoms with E-state index in [9.17, 15) is 13.2 Å². The van der Waals surface area contributed by atoms with Crippen molar-refractivity contribution in [1.82, 2.24) is 14.9 Å². The fourth-order valence-electron chi connectivity index (χ4n) is 4.60. The van der Waals surface area contributed by atoms with Crippen LogP contribution in [0.1, 0.15) is 63.7 Å². The summed E-state index contributed by atoms with van der Waals surface area (Å²) in [6.07, 6.45) is 3.29. The van der Waals surface area contributed by atoms with E-state index in [0.29, 0.717) is 18.7 Å². The number of benzene rings is 1. The Morgan fingerprint density at radius 1 is 1.14 bits per heavy atom. The Balaban J connectivity index is 1.81. The van der Waals surface area contributed by atoms with Crippen molar-refractivity contribution in [2.75, 3.05) is 13.1 Å². The monoisotopic (exact) mass is 427 g/mol. The standard InChI is InChI=1S/C20H30ClN3O3S/c1-19(2)12-15(13-20(3,4)23-19)22-18(25)14-7-8-16(21)17(11-14)28(26,27)24-9-5-6-10-24/h7-8,11,15,23H,5-6,9-10,12-13H2,1-4H3,(H,22,25). The van der Waals surface area contributed by atoms with E-state index in [1.807, 2.05) is 0 Å². The molecule has 2 fully saturated rings. The van der Waals surface area contributed by atoms with Crippen LogP contribution in [0.4, 0.5) is 0 Å². The van der Waals surface area contributed by atoms with Crippen molar-refractivity contribution >= 4 is 27.5 Å². The van der Waals surface area contributed by atoms with Gasteiger partial charge in [-0.3, -0.25) is 4.79 Å². The normalized spacial score (nSPS) is 22.9. The van der Waals surface area contributed by atoms with Crippen LogP contribution in [0.5, 0.6) is 0 Å². The van der Waals surface area contributed by atoms with E-state index in [-0.39, 0.29) is 32.9 Å². The molecule has 2 N–H and O–H groups in total. The summed E-state index contributed by atoms with van der Waals surface area (Å²) in [6, 6.07) is 4.49. The van der Waals surface area contributed by atoms with Gasteiger partial charge < -0.3 is 10.6 Å². The molecule has 0 bridgehead atoms. The van der Waals surface area contributed by atoms with Gasteiger partial charge in [0.1, 0.15) is 4.90 Å². The number of carbonyl (C=O) groups is 1. The number of hydrogen-bond acceptors (Lipinski definition) is 4. The number of amides is 1. The molecule has 0 saturated carbocycles. The highest BCUT2D eigenvalue weighted by atomic mass is 35.5. The van der Waals surface area contributed by atoms with Crippen LogP contribution in [-0.2, 0) is 10.0 Å². The van der Waals surface area contributed by atoms with Gasteiger partial charge in [0.15, 0.2) is 0 Å². The second-order valence-corrected chi connectivity index (χ2v) is 11.5. The summed E-state index contributed by atoms with van der Waals surface area (Å²) in [5.74, 6) is -0.270. The molecule has 0 unspecified atom stereocenters. The Morgan fingerprint density at radius 3 is 2.29 bits per heavy atom. The molecule has 1 aromatic carbocycles. The molecule has 1 amide bonds. The van der Waals surface area contributed by atoms with Gasteiger partial charge in [-0.15, -0.1) is 0 Å². The lowest BCUT2D eigenvalue weighted by molar-refractivity contribution is 0.0873. The fraction of sp³-hybridized carbons (Fsp3) is 0.650. The van der Waals surface area contributed by atoms with Crippen LogP contribution in [0.3, 0.4) is 0 Å². The lowest BCUT2D eigenvalue weighted by Crippen LogP contribution is -2.62.